The normalized spacial score (nSPS) is 21.6. The Morgan fingerprint density at radius 3 is 2.54 bits per heavy atom. The van der Waals surface area contributed by atoms with Gasteiger partial charge in [0.2, 0.25) is 16.7 Å². The first-order valence-electron chi connectivity index (χ1n) is 8.20. The van der Waals surface area contributed by atoms with E-state index in [0.29, 0.717) is 16.9 Å². The number of thioether (sulfide) groups is 1. The van der Waals surface area contributed by atoms with Gasteiger partial charge in [-0.2, -0.15) is 0 Å². The molecule has 1 atom stereocenters. The maximum atomic E-state index is 13.4. The lowest BCUT2D eigenvalue weighted by atomic mass is 10.0. The second kappa shape index (κ2) is 5.95. The van der Waals surface area contributed by atoms with E-state index in [9.17, 15) is 18.8 Å². The number of halogens is 1. The first-order valence-corrected chi connectivity index (χ1v) is 9.18. The van der Waals surface area contributed by atoms with Crippen LogP contribution in [0, 0.1) is 5.82 Å². The zero-order chi connectivity index (χ0) is 18.5. The zero-order valence-corrected chi connectivity index (χ0v) is 14.8. The molecule has 26 heavy (non-hydrogen) atoms. The van der Waals surface area contributed by atoms with Crippen molar-refractivity contribution in [1.29, 1.82) is 0 Å². The number of hydrogen-bond acceptors (Lipinski definition) is 4. The van der Waals surface area contributed by atoms with Crippen LogP contribution in [0.25, 0.3) is 0 Å². The van der Waals surface area contributed by atoms with Crippen molar-refractivity contribution in [1.82, 2.24) is 0 Å². The van der Waals surface area contributed by atoms with E-state index in [0.717, 1.165) is 4.90 Å². The minimum absolute atomic E-state index is 0.103. The zero-order valence-electron chi connectivity index (χ0n) is 13.9. The average molecular weight is 370 g/mol. The fraction of sp³-hybridized carbons (Fsp3) is 0.211. The molecule has 3 amide bonds. The van der Waals surface area contributed by atoms with Crippen LogP contribution >= 0.6 is 11.8 Å². The molecule has 4 rings (SSSR count). The Morgan fingerprint density at radius 2 is 1.85 bits per heavy atom. The molecule has 0 bridgehead atoms. The lowest BCUT2D eigenvalue weighted by Crippen LogP contribution is -2.50. The van der Waals surface area contributed by atoms with E-state index in [-0.39, 0.29) is 24.0 Å². The molecule has 2 heterocycles. The summed E-state index contributed by atoms with van der Waals surface area (Å²) in [5.41, 5.74) is 1.53. The highest BCUT2D eigenvalue weighted by Crippen LogP contribution is 2.55. The lowest BCUT2D eigenvalue weighted by molar-refractivity contribution is -0.128. The average Bonchev–Trinajstić information content (AvgIpc) is 3.12. The summed E-state index contributed by atoms with van der Waals surface area (Å²) in [6, 6.07) is 12.5. The molecule has 0 saturated carbocycles. The summed E-state index contributed by atoms with van der Waals surface area (Å²) in [5.74, 6) is -1.35. The first kappa shape index (κ1) is 16.8. The van der Waals surface area contributed by atoms with Gasteiger partial charge in [-0.15, -0.1) is 11.8 Å². The molecule has 5 nitrogen and oxygen atoms in total. The van der Waals surface area contributed by atoms with Gasteiger partial charge in [-0.05, 0) is 30.3 Å². The van der Waals surface area contributed by atoms with Crippen molar-refractivity contribution in [3.63, 3.8) is 0 Å². The molecule has 2 aromatic rings. The van der Waals surface area contributed by atoms with Crippen molar-refractivity contribution >= 4 is 40.9 Å². The third-order valence-electron chi connectivity index (χ3n) is 4.61. The van der Waals surface area contributed by atoms with Gasteiger partial charge in [-0.3, -0.25) is 19.3 Å². The number of carbonyl (C=O) groups excluding carboxylic acids is 3. The number of carbonyl (C=O) groups is 3. The summed E-state index contributed by atoms with van der Waals surface area (Å²) in [7, 11) is 0. The van der Waals surface area contributed by atoms with E-state index in [1.54, 1.807) is 31.2 Å². The van der Waals surface area contributed by atoms with Crippen LogP contribution in [0.2, 0.25) is 0 Å². The minimum Gasteiger partial charge on any atom is -0.283 e. The molecule has 2 aliphatic rings. The number of nitrogens with zero attached hydrogens (tertiary/aromatic N) is 2. The summed E-state index contributed by atoms with van der Waals surface area (Å²) in [6.07, 6.45) is 0.172. The molecule has 2 aromatic carbocycles. The number of benzene rings is 2. The second-order valence-electron chi connectivity index (χ2n) is 6.04. The third kappa shape index (κ3) is 2.13. The van der Waals surface area contributed by atoms with Crippen LogP contribution in [0.15, 0.2) is 48.5 Å². The van der Waals surface area contributed by atoms with Crippen LogP contribution in [0.3, 0.4) is 0 Å². The van der Waals surface area contributed by atoms with Crippen molar-refractivity contribution in [2.45, 2.75) is 18.2 Å². The van der Waals surface area contributed by atoms with Crippen molar-refractivity contribution in [3.8, 4) is 0 Å². The van der Waals surface area contributed by atoms with Crippen molar-refractivity contribution in [2.24, 2.45) is 0 Å². The summed E-state index contributed by atoms with van der Waals surface area (Å²) in [5, 5.41) is 0. The Labute approximate surface area is 153 Å². The van der Waals surface area contributed by atoms with Crippen LogP contribution in [0.4, 0.5) is 15.8 Å². The van der Waals surface area contributed by atoms with Gasteiger partial charge in [-0.1, -0.05) is 25.1 Å². The molecule has 1 fully saturated rings. The van der Waals surface area contributed by atoms with E-state index < -0.39 is 16.6 Å². The number of amides is 3. The van der Waals surface area contributed by atoms with Gasteiger partial charge in [0.25, 0.3) is 5.91 Å². The topological polar surface area (TPSA) is 57.7 Å². The number of fused-ring (bicyclic) bond motifs is 2. The van der Waals surface area contributed by atoms with Gasteiger partial charge in [0.1, 0.15) is 5.82 Å². The highest BCUT2D eigenvalue weighted by molar-refractivity contribution is 8.02. The molecule has 1 saturated heterocycles. The van der Waals surface area contributed by atoms with E-state index >= 15 is 0 Å². The number of imide groups is 1. The summed E-state index contributed by atoms with van der Waals surface area (Å²) in [6.45, 7) is 1.69. The molecule has 132 valence electrons. The number of para-hydroxylation sites is 1. The molecule has 0 radical (unpaired) electrons. The van der Waals surface area contributed by atoms with Gasteiger partial charge in [0, 0.05) is 17.7 Å². The fourth-order valence-corrected chi connectivity index (χ4v) is 4.82. The van der Waals surface area contributed by atoms with Gasteiger partial charge in [0.05, 0.1) is 11.4 Å². The summed E-state index contributed by atoms with van der Waals surface area (Å²) < 4.78 is 13.3. The molecular weight excluding hydrogens is 355 g/mol. The molecule has 0 aromatic heterocycles. The Morgan fingerprint density at radius 1 is 1.15 bits per heavy atom. The smallest absolute Gasteiger partial charge is 0.275 e. The number of rotatable bonds is 2. The predicted octanol–water partition coefficient (Wildman–Crippen LogP) is 3.04. The summed E-state index contributed by atoms with van der Waals surface area (Å²) in [4.78, 5) is 39.7. The summed E-state index contributed by atoms with van der Waals surface area (Å²) >= 11 is 1.19. The second-order valence-corrected chi connectivity index (χ2v) is 7.21. The van der Waals surface area contributed by atoms with Crippen molar-refractivity contribution in [2.75, 3.05) is 15.6 Å². The largest absolute Gasteiger partial charge is 0.283 e. The van der Waals surface area contributed by atoms with E-state index in [4.69, 9.17) is 0 Å². The number of anilines is 2. The van der Waals surface area contributed by atoms with Crippen molar-refractivity contribution in [3.05, 3.63) is 59.9 Å². The first-order chi connectivity index (χ1) is 12.5. The van der Waals surface area contributed by atoms with Crippen LogP contribution in [0.1, 0.15) is 18.9 Å². The maximum absolute atomic E-state index is 13.4. The fourth-order valence-electron chi connectivity index (χ4n) is 3.48. The lowest BCUT2D eigenvalue weighted by Gasteiger charge is -2.33. The van der Waals surface area contributed by atoms with E-state index in [1.807, 2.05) is 0 Å². The standard InChI is InChI=1S/C19H15FN2O3S/c1-2-16(23)21-15-6-4-3-5-14(15)19(18(21)25)22(17(24)11-26-19)13-9-7-12(20)8-10-13/h3-10H,2,11H2,1H3/t19-/m1/s1. The Kier molecular flexibility index (Phi) is 3.84. The van der Waals surface area contributed by atoms with Gasteiger partial charge in [0.15, 0.2) is 0 Å². The molecular formula is C19H15FN2O3S. The highest BCUT2D eigenvalue weighted by atomic mass is 32.2. The molecule has 0 unspecified atom stereocenters. The minimum atomic E-state index is -1.34. The Bertz CT molecular complexity index is 931. The Balaban J connectivity index is 1.94. The molecule has 0 aliphatic carbocycles. The monoisotopic (exact) mass is 370 g/mol. The SMILES string of the molecule is CCC(=O)N1C(=O)[C@]2(SCC(=O)N2c2ccc(F)cc2)c2ccccc21. The van der Waals surface area contributed by atoms with Gasteiger partial charge < -0.3 is 0 Å². The van der Waals surface area contributed by atoms with E-state index in [1.165, 1.54) is 40.9 Å². The Hall–Kier alpha value is -2.67. The quantitative estimate of drug-likeness (QED) is 0.815. The predicted molar refractivity (Wildman–Crippen MR) is 97.2 cm³/mol. The van der Waals surface area contributed by atoms with Crippen LogP contribution in [0.5, 0.6) is 0 Å². The molecule has 1 spiro atoms. The molecule has 7 heteroatoms. The maximum Gasteiger partial charge on any atom is 0.275 e. The highest BCUT2D eigenvalue weighted by Gasteiger charge is 2.61. The third-order valence-corrected chi connectivity index (χ3v) is 5.99. The number of hydrogen-bond donors (Lipinski definition) is 0. The van der Waals surface area contributed by atoms with Crippen LogP contribution in [-0.4, -0.2) is 23.5 Å². The molecule has 2 aliphatic heterocycles. The van der Waals surface area contributed by atoms with Crippen molar-refractivity contribution < 1.29 is 18.8 Å². The van der Waals surface area contributed by atoms with Crippen LogP contribution < -0.4 is 9.80 Å². The van der Waals surface area contributed by atoms with Gasteiger partial charge in [-0.25, -0.2) is 9.29 Å². The van der Waals surface area contributed by atoms with Crippen LogP contribution in [-0.2, 0) is 19.3 Å². The molecule has 0 N–H and O–H groups in total. The van der Waals surface area contributed by atoms with Gasteiger partial charge >= 0.3 is 0 Å². The van der Waals surface area contributed by atoms with E-state index in [2.05, 4.69) is 0 Å².